The van der Waals surface area contributed by atoms with Crippen molar-refractivity contribution >= 4 is 26.5 Å². The molecule has 0 spiro atoms. The van der Waals surface area contributed by atoms with E-state index < -0.39 is 0 Å². The molecule has 0 bridgehead atoms. The fourth-order valence-corrected chi connectivity index (χ4v) is 0.427. The summed E-state index contributed by atoms with van der Waals surface area (Å²) in [6, 6.07) is 0. The largest absolute Gasteiger partial charge is 0.368 e. The second-order valence-electron chi connectivity index (χ2n) is 2.17. The maximum Gasteiger partial charge on any atom is 0.327 e. The summed E-state index contributed by atoms with van der Waals surface area (Å²) in [6.07, 6.45) is 0. The quantitative estimate of drug-likeness (QED) is 0.472. The van der Waals surface area contributed by atoms with Crippen LogP contribution in [0.4, 0.5) is 17.8 Å². The zero-order valence-corrected chi connectivity index (χ0v) is 10.2. The van der Waals surface area contributed by atoms with Crippen molar-refractivity contribution in [2.45, 2.75) is 0 Å². The van der Waals surface area contributed by atoms with Crippen LogP contribution in [0.15, 0.2) is 0 Å². The second kappa shape index (κ2) is 11.5. The molecule has 16 heavy (non-hydrogen) atoms. The highest BCUT2D eigenvalue weighted by Crippen LogP contribution is 1.97. The molecule has 1 heterocycles. The Kier molecular flexibility index (Phi) is 12.1. The number of hydrogen-bond acceptors (Lipinski definition) is 9. The third-order valence-electron chi connectivity index (χ3n) is 0.762. The molecule has 0 aliphatic rings. The van der Waals surface area contributed by atoms with E-state index in [0.29, 0.717) is 0 Å². The molecule has 92 valence electrons. The molecule has 0 aromatic carbocycles. The van der Waals surface area contributed by atoms with Crippen LogP contribution in [0.2, 0.25) is 0 Å². The molecule has 0 atom stereocenters. The second-order valence-corrected chi connectivity index (χ2v) is 2.68. The van der Waals surface area contributed by atoms with Crippen LogP contribution in [0.3, 0.4) is 0 Å². The lowest BCUT2D eigenvalue weighted by Gasteiger charge is -1.93. The third-order valence-corrected chi connectivity index (χ3v) is 0.911. The Morgan fingerprint density at radius 2 is 1.25 bits per heavy atom. The lowest BCUT2D eigenvalue weighted by molar-refractivity contribution is 0.433. The van der Waals surface area contributed by atoms with Gasteiger partial charge in [-0.3, -0.25) is 4.52 Å². The Morgan fingerprint density at radius 3 is 1.38 bits per heavy atom. The van der Waals surface area contributed by atoms with Gasteiger partial charge in [0, 0.05) is 7.11 Å². The van der Waals surface area contributed by atoms with Crippen LogP contribution in [0.25, 0.3) is 0 Å². The molecule has 0 radical (unpaired) electrons. The maximum atomic E-state index is 9.05. The minimum absolute atomic E-state index is 0.0417. The van der Waals surface area contributed by atoms with Crippen LogP contribution in [-0.4, -0.2) is 36.2 Å². The average molecular weight is 249 g/mol. The molecule has 0 saturated heterocycles. The molecule has 0 amide bonds. The highest BCUT2D eigenvalue weighted by molar-refractivity contribution is 7.17. The molecule has 1 rings (SSSR count). The van der Waals surface area contributed by atoms with Crippen molar-refractivity contribution in [3.8, 4) is 0 Å². The molecule has 7 N–H and O–H groups in total. The van der Waals surface area contributed by atoms with Crippen LogP contribution in [0, 0.1) is 0 Å². The first-order valence-corrected chi connectivity index (χ1v) is 4.71. The minimum atomic E-state index is -0.252. The Morgan fingerprint density at radius 1 is 1.06 bits per heavy atom. The Hall–Kier alpha value is -1.57. The predicted molar refractivity (Wildman–Crippen MR) is 62.7 cm³/mol. The summed E-state index contributed by atoms with van der Waals surface area (Å²) in [4.78, 5) is 10.5. The lowest BCUT2D eigenvalue weighted by Crippen LogP contribution is -2.05. The van der Waals surface area contributed by atoms with Crippen LogP contribution < -0.4 is 22.5 Å². The zero-order valence-electron chi connectivity index (χ0n) is 9.34. The van der Waals surface area contributed by atoms with Crippen molar-refractivity contribution in [2.24, 2.45) is 0 Å². The average Bonchev–Trinajstić information content (AvgIpc) is 2.17. The highest BCUT2D eigenvalue weighted by atomic mass is 31.1. The number of aromatic nitrogens is 3. The van der Waals surface area contributed by atoms with Crippen molar-refractivity contribution in [2.75, 3.05) is 38.4 Å². The summed E-state index contributed by atoms with van der Waals surface area (Å²) in [5.74, 6) is 0.125. The van der Waals surface area contributed by atoms with Crippen molar-refractivity contribution in [3.63, 3.8) is 0 Å². The molecule has 0 saturated carbocycles. The van der Waals surface area contributed by atoms with Gasteiger partial charge in [-0.25, -0.2) is 4.57 Å². The molecule has 0 fully saturated rings. The van der Waals surface area contributed by atoms with Gasteiger partial charge in [0.2, 0.25) is 17.8 Å². The van der Waals surface area contributed by atoms with Crippen molar-refractivity contribution in [3.05, 3.63) is 0 Å². The first-order valence-electron chi connectivity index (χ1n) is 3.98. The summed E-state index contributed by atoms with van der Waals surface area (Å²) in [7, 11) is 4.85. The van der Waals surface area contributed by atoms with Crippen LogP contribution >= 0.6 is 8.69 Å². The fourth-order valence-electron chi connectivity index (χ4n) is 0.427. The summed E-state index contributed by atoms with van der Waals surface area (Å²) in [5.41, 5.74) is 15.4. The van der Waals surface area contributed by atoms with E-state index in [2.05, 4.69) is 24.8 Å². The molecule has 1 aromatic rings. The minimum Gasteiger partial charge on any atom is -0.368 e. The van der Waals surface area contributed by atoms with E-state index in [4.69, 9.17) is 21.8 Å². The number of hydrogen-bond donors (Lipinski definition) is 4. The van der Waals surface area contributed by atoms with Gasteiger partial charge in [-0.2, -0.15) is 15.0 Å². The van der Waals surface area contributed by atoms with Crippen LogP contribution in [0.1, 0.15) is 0 Å². The lowest BCUT2D eigenvalue weighted by atomic mass is 10.9. The molecule has 10 heteroatoms. The monoisotopic (exact) mass is 249 g/mol. The topological polar surface area (TPSA) is 155 Å². The number of nitrogens with two attached hydrogens (primary N) is 3. The summed E-state index contributed by atoms with van der Waals surface area (Å²) in [5, 5.41) is 2.75. The smallest absolute Gasteiger partial charge is 0.327 e. The van der Waals surface area contributed by atoms with Gasteiger partial charge in [0.05, 0.1) is 0 Å². The van der Waals surface area contributed by atoms with Crippen LogP contribution in [-0.2, 0) is 9.09 Å². The Bertz CT molecular complexity index is 248. The normalized spacial score (nSPS) is 8.44. The van der Waals surface area contributed by atoms with Gasteiger partial charge in [0.15, 0.2) is 0 Å². The van der Waals surface area contributed by atoms with Crippen LogP contribution in [0.5, 0.6) is 0 Å². The summed E-state index contributed by atoms with van der Waals surface area (Å²) in [6.45, 7) is 0. The van der Waals surface area contributed by atoms with E-state index in [-0.39, 0.29) is 26.5 Å². The van der Waals surface area contributed by atoms with E-state index in [0.717, 1.165) is 0 Å². The number of nitrogens with zero attached hydrogens (tertiary/aromatic N) is 3. The molecule has 0 unspecified atom stereocenters. The van der Waals surface area contributed by atoms with Crippen molar-refractivity contribution in [1.82, 2.24) is 20.3 Å². The Labute approximate surface area is 95.1 Å². The van der Waals surface area contributed by atoms with Gasteiger partial charge >= 0.3 is 8.69 Å². The number of nitrogens with one attached hydrogen (secondary N) is 1. The summed E-state index contributed by atoms with van der Waals surface area (Å²) < 4.78 is 13.0. The molecule has 0 aliphatic carbocycles. The van der Waals surface area contributed by atoms with Crippen molar-refractivity contribution in [1.29, 1.82) is 0 Å². The number of anilines is 3. The predicted octanol–water partition coefficient (Wildman–Crippen LogP) is -0.707. The first-order chi connectivity index (χ1) is 7.51. The standard InChI is InChI=1S/C3H6N6.C2H7N.CH3O2P/c4-1-7-2(5)9-3(6)8-1;1-3-2;1-3-4-2/h(H6,4,5,6,7,8,9);3H,1-2H3;1H3. The molecular formula is C6H16N7O2P. The third kappa shape index (κ3) is 12.4. The Balaban J connectivity index is 0. The highest BCUT2D eigenvalue weighted by Gasteiger charge is 1.93. The number of nitrogen functional groups attached to an aromatic ring is 3. The molecule has 0 aliphatic heterocycles. The maximum absolute atomic E-state index is 9.05. The fraction of sp³-hybridized carbons (Fsp3) is 0.500. The van der Waals surface area contributed by atoms with E-state index >= 15 is 0 Å². The molecule has 9 nitrogen and oxygen atoms in total. The van der Waals surface area contributed by atoms with Gasteiger partial charge in [-0.15, -0.1) is 0 Å². The first kappa shape index (κ1) is 16.8. The van der Waals surface area contributed by atoms with Gasteiger partial charge in [0.25, 0.3) is 0 Å². The number of rotatable bonds is 1. The van der Waals surface area contributed by atoms with Gasteiger partial charge < -0.3 is 22.5 Å². The zero-order chi connectivity index (χ0) is 13.0. The van der Waals surface area contributed by atoms with E-state index in [1.807, 2.05) is 14.1 Å². The molecular weight excluding hydrogens is 233 g/mol. The van der Waals surface area contributed by atoms with Gasteiger partial charge in [0.1, 0.15) is 0 Å². The van der Waals surface area contributed by atoms with Gasteiger partial charge in [-0.1, -0.05) is 0 Å². The van der Waals surface area contributed by atoms with E-state index in [9.17, 15) is 0 Å². The van der Waals surface area contributed by atoms with Crippen molar-refractivity contribution < 1.29 is 9.09 Å². The molecule has 1 aromatic heterocycles. The van der Waals surface area contributed by atoms with E-state index in [1.165, 1.54) is 7.11 Å². The van der Waals surface area contributed by atoms with Gasteiger partial charge in [-0.05, 0) is 14.1 Å². The summed E-state index contributed by atoms with van der Waals surface area (Å²) >= 11 is 0. The van der Waals surface area contributed by atoms with E-state index in [1.54, 1.807) is 0 Å². The SMILES string of the molecule is CNC.COP=O.Nc1nc(N)nc(N)n1.